The summed E-state index contributed by atoms with van der Waals surface area (Å²) in [6.45, 7) is 4.35. The number of anilines is 2. The summed E-state index contributed by atoms with van der Waals surface area (Å²) >= 11 is 0. The molecule has 236 valence electrons. The van der Waals surface area contributed by atoms with Gasteiger partial charge in [0.05, 0.1) is 23.9 Å². The second-order valence-electron chi connectivity index (χ2n) is 12.4. The van der Waals surface area contributed by atoms with Crippen LogP contribution in [0.2, 0.25) is 0 Å². The van der Waals surface area contributed by atoms with Crippen molar-refractivity contribution in [2.24, 2.45) is 0 Å². The molecule has 2 N–H and O–H groups in total. The third-order valence-electron chi connectivity index (χ3n) is 9.07. The van der Waals surface area contributed by atoms with Crippen LogP contribution in [0.4, 0.5) is 11.4 Å². The molecule has 0 spiro atoms. The van der Waals surface area contributed by atoms with Crippen molar-refractivity contribution in [3.8, 4) is 39.5 Å². The third kappa shape index (κ3) is 5.69. The van der Waals surface area contributed by atoms with Gasteiger partial charge in [0.2, 0.25) is 0 Å². The fourth-order valence-corrected chi connectivity index (χ4v) is 6.10. The Bertz CT molecular complexity index is 2120. The maximum absolute atomic E-state index is 13.5. The maximum Gasteiger partial charge on any atom is 0.266 e. The molecule has 0 radical (unpaired) electrons. The Hall–Kier alpha value is -6.14. The summed E-state index contributed by atoms with van der Waals surface area (Å²) in [5, 5.41) is 0. The first-order valence-corrected chi connectivity index (χ1v) is 15.7. The van der Waals surface area contributed by atoms with Crippen molar-refractivity contribution >= 4 is 23.2 Å². The van der Waals surface area contributed by atoms with Crippen molar-refractivity contribution in [3.05, 3.63) is 162 Å². The van der Waals surface area contributed by atoms with E-state index in [1.807, 2.05) is 72.8 Å². The minimum atomic E-state index is -0.377. The summed E-state index contributed by atoms with van der Waals surface area (Å²) in [6, 6.07) is 44.5. The molecule has 2 amide bonds. The van der Waals surface area contributed by atoms with Crippen molar-refractivity contribution in [2.45, 2.75) is 19.3 Å². The predicted octanol–water partition coefficient (Wildman–Crippen LogP) is 9.53. The number of hydrogen-bond donors (Lipinski definition) is 1. The number of nitrogens with zero attached hydrogens (tertiary/aromatic N) is 1. The number of nitrogens with two attached hydrogens (primary N) is 1. The lowest BCUT2D eigenvalue weighted by Crippen LogP contribution is -2.29. The van der Waals surface area contributed by atoms with Gasteiger partial charge in [-0.15, -0.1) is 0 Å². The van der Waals surface area contributed by atoms with E-state index in [1.165, 1.54) is 10.5 Å². The number of amides is 2. The van der Waals surface area contributed by atoms with Gasteiger partial charge < -0.3 is 15.2 Å². The highest BCUT2D eigenvalue weighted by Crippen LogP contribution is 2.36. The zero-order chi connectivity index (χ0) is 33.4. The molecule has 6 aromatic rings. The zero-order valence-electron chi connectivity index (χ0n) is 26.9. The van der Waals surface area contributed by atoms with Crippen molar-refractivity contribution in [1.29, 1.82) is 0 Å². The largest absolute Gasteiger partial charge is 0.497 e. The van der Waals surface area contributed by atoms with Gasteiger partial charge in [-0.1, -0.05) is 86.6 Å². The molecule has 6 nitrogen and oxygen atoms in total. The molecule has 0 saturated heterocycles. The summed E-state index contributed by atoms with van der Waals surface area (Å²) < 4.78 is 11.4. The van der Waals surface area contributed by atoms with Gasteiger partial charge >= 0.3 is 0 Å². The second kappa shape index (κ2) is 12.2. The van der Waals surface area contributed by atoms with Gasteiger partial charge in [0.15, 0.2) is 0 Å². The highest BCUT2D eigenvalue weighted by molar-refractivity contribution is 6.34. The molecule has 0 unspecified atom stereocenters. The van der Waals surface area contributed by atoms with E-state index in [0.29, 0.717) is 28.3 Å². The number of ether oxygens (including phenoxy) is 2. The van der Waals surface area contributed by atoms with Crippen LogP contribution in [0.5, 0.6) is 17.2 Å². The molecule has 0 aliphatic carbocycles. The maximum atomic E-state index is 13.5. The van der Waals surface area contributed by atoms with Crippen molar-refractivity contribution in [2.75, 3.05) is 17.7 Å². The van der Waals surface area contributed by atoms with Gasteiger partial charge in [-0.25, -0.2) is 4.90 Å². The highest BCUT2D eigenvalue weighted by atomic mass is 16.5. The van der Waals surface area contributed by atoms with Gasteiger partial charge in [-0.2, -0.15) is 0 Å². The first kappa shape index (κ1) is 30.5. The SMILES string of the molecule is COc1ccc(C(C)(C)c2ccc(Oc3ccc4c(c3)C(=O)N(c3ccc(-c5ccc(-c6ccc(N)cc6)cc5)cc3)C4=O)cc2)cc1. The van der Waals surface area contributed by atoms with E-state index in [4.69, 9.17) is 15.2 Å². The number of rotatable bonds is 8. The van der Waals surface area contributed by atoms with Gasteiger partial charge in [-0.05, 0) is 100 Å². The molecular formula is C42H34N2O4. The molecule has 1 heterocycles. The quantitative estimate of drug-likeness (QED) is 0.134. The van der Waals surface area contributed by atoms with Crippen LogP contribution < -0.4 is 20.1 Å². The van der Waals surface area contributed by atoms with E-state index in [1.54, 1.807) is 37.4 Å². The average molecular weight is 631 g/mol. The molecule has 7 rings (SSSR count). The van der Waals surface area contributed by atoms with Crippen LogP contribution in [0.1, 0.15) is 45.7 Å². The first-order valence-electron chi connectivity index (χ1n) is 15.7. The number of benzene rings is 6. The predicted molar refractivity (Wildman–Crippen MR) is 191 cm³/mol. The van der Waals surface area contributed by atoms with Crippen molar-refractivity contribution in [1.82, 2.24) is 0 Å². The number of hydrogen-bond acceptors (Lipinski definition) is 5. The van der Waals surface area contributed by atoms with E-state index in [0.717, 1.165) is 39.3 Å². The van der Waals surface area contributed by atoms with E-state index in [9.17, 15) is 9.59 Å². The Labute approximate surface area is 280 Å². The summed E-state index contributed by atoms with van der Waals surface area (Å²) in [4.78, 5) is 28.1. The summed E-state index contributed by atoms with van der Waals surface area (Å²) in [7, 11) is 1.66. The lowest BCUT2D eigenvalue weighted by molar-refractivity contribution is 0.0926. The average Bonchev–Trinajstić information content (AvgIpc) is 3.37. The van der Waals surface area contributed by atoms with Crippen LogP contribution in [0, 0.1) is 0 Å². The van der Waals surface area contributed by atoms with Crippen LogP contribution in [0.3, 0.4) is 0 Å². The van der Waals surface area contributed by atoms with Gasteiger partial charge in [0.1, 0.15) is 17.2 Å². The summed E-state index contributed by atoms with van der Waals surface area (Å²) in [5.41, 5.74) is 14.0. The fourth-order valence-electron chi connectivity index (χ4n) is 6.10. The normalized spacial score (nSPS) is 12.6. The molecule has 6 heteroatoms. The molecule has 6 aromatic carbocycles. The Balaban J connectivity index is 1.05. The van der Waals surface area contributed by atoms with Crippen LogP contribution in [0.25, 0.3) is 22.3 Å². The second-order valence-corrected chi connectivity index (χ2v) is 12.4. The number of methoxy groups -OCH3 is 1. The van der Waals surface area contributed by atoms with Crippen LogP contribution in [0.15, 0.2) is 140 Å². The standard InChI is InChI=1S/C42H34N2O4/c1-42(2,31-12-20-35(47-3)21-13-31)32-14-22-36(23-15-32)48-37-24-25-38-39(26-37)41(46)44(40(38)45)34-18-10-30(11-19-34)28-6-4-27(5-7-28)29-8-16-33(43)17-9-29/h4-26H,43H2,1-3H3. The monoisotopic (exact) mass is 630 g/mol. The topological polar surface area (TPSA) is 81.9 Å². The van der Waals surface area contributed by atoms with Crippen LogP contribution in [-0.2, 0) is 5.41 Å². The fraction of sp³-hybridized carbons (Fsp3) is 0.0952. The molecule has 0 fully saturated rings. The smallest absolute Gasteiger partial charge is 0.266 e. The van der Waals surface area contributed by atoms with Crippen LogP contribution >= 0.6 is 0 Å². The van der Waals surface area contributed by atoms with Crippen LogP contribution in [-0.4, -0.2) is 18.9 Å². The number of imide groups is 1. The van der Waals surface area contributed by atoms with Gasteiger partial charge in [-0.3, -0.25) is 9.59 Å². The Morgan fingerprint density at radius 3 is 1.48 bits per heavy atom. The summed E-state index contributed by atoms with van der Waals surface area (Å²) in [6.07, 6.45) is 0. The van der Waals surface area contributed by atoms with Crippen molar-refractivity contribution < 1.29 is 19.1 Å². The zero-order valence-corrected chi connectivity index (χ0v) is 26.9. The number of carbonyl (C=O) groups excluding carboxylic acids is 2. The van der Waals surface area contributed by atoms with Crippen molar-refractivity contribution in [3.63, 3.8) is 0 Å². The third-order valence-corrected chi connectivity index (χ3v) is 9.07. The number of nitrogen functional groups attached to an aromatic ring is 1. The van der Waals surface area contributed by atoms with E-state index >= 15 is 0 Å². The Kier molecular flexibility index (Phi) is 7.77. The summed E-state index contributed by atoms with van der Waals surface area (Å²) in [5.74, 6) is 1.21. The molecule has 1 aliphatic heterocycles. The Morgan fingerprint density at radius 2 is 0.958 bits per heavy atom. The minimum Gasteiger partial charge on any atom is -0.497 e. The lowest BCUT2D eigenvalue weighted by atomic mass is 9.78. The molecule has 48 heavy (non-hydrogen) atoms. The lowest BCUT2D eigenvalue weighted by Gasteiger charge is -2.26. The van der Waals surface area contributed by atoms with E-state index < -0.39 is 0 Å². The number of carbonyl (C=O) groups is 2. The van der Waals surface area contributed by atoms with E-state index in [-0.39, 0.29) is 17.2 Å². The van der Waals surface area contributed by atoms with E-state index in [2.05, 4.69) is 50.2 Å². The van der Waals surface area contributed by atoms with Gasteiger partial charge in [0.25, 0.3) is 11.8 Å². The molecule has 1 aliphatic rings. The minimum absolute atomic E-state index is 0.227. The molecule has 0 aromatic heterocycles. The molecular weight excluding hydrogens is 596 g/mol. The highest BCUT2D eigenvalue weighted by Gasteiger charge is 2.37. The molecule has 0 saturated carbocycles. The first-order chi connectivity index (χ1) is 23.2. The molecule has 0 bridgehead atoms. The number of fused-ring (bicyclic) bond motifs is 1. The Morgan fingerprint density at radius 1 is 0.521 bits per heavy atom. The molecule has 0 atom stereocenters. The van der Waals surface area contributed by atoms with Gasteiger partial charge in [0, 0.05) is 11.1 Å².